The minimum Gasteiger partial charge on any atom is -0.493 e. The molecule has 3 aromatic carbocycles. The summed E-state index contributed by atoms with van der Waals surface area (Å²) in [6, 6.07) is 19.4. The van der Waals surface area contributed by atoms with Crippen molar-refractivity contribution in [3.05, 3.63) is 94.9 Å². The van der Waals surface area contributed by atoms with E-state index in [1.54, 1.807) is 30.3 Å². The van der Waals surface area contributed by atoms with Crippen LogP contribution in [0.25, 0.3) is 11.0 Å². The van der Waals surface area contributed by atoms with Gasteiger partial charge in [0.05, 0.1) is 6.61 Å². The predicted molar refractivity (Wildman–Crippen MR) is 130 cm³/mol. The standard InChI is InChI=1S/C28H25F2O3S/c29-21-7-12-24(13-8-21)34(25-14-9-22(30)10-15-25)27-16-20-6-11-23(17-26(20)33-28(27)31)32-18-19-4-2-1-3-5-19/h6-17,19H,1-5,18H2/q+1. The molecule has 0 spiro atoms. The van der Waals surface area contributed by atoms with Gasteiger partial charge in [0.1, 0.15) is 33.9 Å². The number of hydrogen-bond acceptors (Lipinski definition) is 3. The predicted octanol–water partition coefficient (Wildman–Crippen LogP) is 7.13. The number of halogens is 2. The van der Waals surface area contributed by atoms with E-state index in [4.69, 9.17) is 9.15 Å². The lowest BCUT2D eigenvalue weighted by molar-refractivity contribution is 0.209. The van der Waals surface area contributed by atoms with Crippen LogP contribution >= 0.6 is 0 Å². The Kier molecular flexibility index (Phi) is 6.68. The van der Waals surface area contributed by atoms with Gasteiger partial charge < -0.3 is 9.15 Å². The Bertz CT molecular complexity index is 1280. The van der Waals surface area contributed by atoms with Gasteiger partial charge >= 0.3 is 5.63 Å². The van der Waals surface area contributed by atoms with Gasteiger partial charge in [-0.15, -0.1) is 0 Å². The average molecular weight is 480 g/mol. The molecular formula is C28H25F2O3S+. The van der Waals surface area contributed by atoms with Crippen LogP contribution in [-0.2, 0) is 10.9 Å². The smallest absolute Gasteiger partial charge is 0.393 e. The topological polar surface area (TPSA) is 39.4 Å². The fourth-order valence-corrected chi connectivity index (χ4v) is 6.45. The summed E-state index contributed by atoms with van der Waals surface area (Å²) in [7, 11) is -0.882. The van der Waals surface area contributed by atoms with Gasteiger partial charge in [-0.25, -0.2) is 13.6 Å². The second-order valence-corrected chi connectivity index (χ2v) is 10.6. The van der Waals surface area contributed by atoms with Gasteiger partial charge in [0.15, 0.2) is 9.79 Å². The van der Waals surface area contributed by atoms with E-state index < -0.39 is 16.5 Å². The molecule has 4 aromatic rings. The molecule has 0 radical (unpaired) electrons. The van der Waals surface area contributed by atoms with Crippen LogP contribution in [0.2, 0.25) is 0 Å². The van der Waals surface area contributed by atoms with Crippen molar-refractivity contribution in [2.24, 2.45) is 5.92 Å². The van der Waals surface area contributed by atoms with Gasteiger partial charge in [-0.1, -0.05) is 19.3 Å². The van der Waals surface area contributed by atoms with Gasteiger partial charge in [0, 0.05) is 17.5 Å². The summed E-state index contributed by atoms with van der Waals surface area (Å²) in [5.74, 6) is 0.535. The Hall–Kier alpha value is -3.12. The van der Waals surface area contributed by atoms with Gasteiger partial charge in [-0.05, 0) is 79.4 Å². The van der Waals surface area contributed by atoms with Crippen molar-refractivity contribution in [2.75, 3.05) is 6.61 Å². The summed E-state index contributed by atoms with van der Waals surface area (Å²) >= 11 is 0. The molecular weight excluding hydrogens is 454 g/mol. The number of benzene rings is 3. The lowest BCUT2D eigenvalue weighted by atomic mass is 9.90. The number of hydrogen-bond donors (Lipinski definition) is 0. The Morgan fingerprint density at radius 1 is 0.824 bits per heavy atom. The van der Waals surface area contributed by atoms with Crippen LogP contribution in [-0.4, -0.2) is 6.61 Å². The summed E-state index contributed by atoms with van der Waals surface area (Å²) < 4.78 is 38.9. The molecule has 34 heavy (non-hydrogen) atoms. The molecule has 0 aliphatic heterocycles. The fourth-order valence-electron chi connectivity index (χ4n) is 4.40. The van der Waals surface area contributed by atoms with Gasteiger partial charge in [0.25, 0.3) is 4.90 Å². The zero-order valence-corrected chi connectivity index (χ0v) is 19.5. The highest BCUT2D eigenvalue weighted by molar-refractivity contribution is 7.97. The maximum atomic E-state index is 13.6. The summed E-state index contributed by atoms with van der Waals surface area (Å²) in [5, 5.41) is 0.765. The van der Waals surface area contributed by atoms with Crippen LogP contribution in [0.1, 0.15) is 32.1 Å². The average Bonchev–Trinajstić information content (AvgIpc) is 2.86. The van der Waals surface area contributed by atoms with Crippen LogP contribution in [0.4, 0.5) is 8.78 Å². The molecule has 6 heteroatoms. The van der Waals surface area contributed by atoms with E-state index in [1.165, 1.54) is 56.4 Å². The SMILES string of the molecule is O=c1oc2cc(OCC3CCCCC3)ccc2cc1[S+](c1ccc(F)cc1)c1ccc(F)cc1. The lowest BCUT2D eigenvalue weighted by Crippen LogP contribution is -2.16. The Labute approximate surface area is 199 Å². The number of ether oxygens (including phenoxy) is 1. The van der Waals surface area contributed by atoms with Crippen LogP contribution in [0.5, 0.6) is 5.75 Å². The molecule has 3 nitrogen and oxygen atoms in total. The van der Waals surface area contributed by atoms with Crippen molar-refractivity contribution in [1.29, 1.82) is 0 Å². The van der Waals surface area contributed by atoms with Crippen molar-refractivity contribution >= 4 is 21.9 Å². The van der Waals surface area contributed by atoms with Crippen molar-refractivity contribution in [1.82, 2.24) is 0 Å². The normalized spacial score (nSPS) is 14.6. The highest BCUT2D eigenvalue weighted by atomic mass is 32.2. The minimum atomic E-state index is -0.882. The van der Waals surface area contributed by atoms with Crippen molar-refractivity contribution in [3.8, 4) is 5.75 Å². The Morgan fingerprint density at radius 3 is 2.06 bits per heavy atom. The van der Waals surface area contributed by atoms with E-state index in [1.807, 2.05) is 18.2 Å². The van der Waals surface area contributed by atoms with Crippen molar-refractivity contribution < 1.29 is 17.9 Å². The van der Waals surface area contributed by atoms with Crippen LogP contribution in [0.15, 0.2) is 96.7 Å². The highest BCUT2D eigenvalue weighted by Gasteiger charge is 2.33. The highest BCUT2D eigenvalue weighted by Crippen LogP contribution is 2.32. The van der Waals surface area contributed by atoms with Crippen LogP contribution in [0, 0.1) is 17.6 Å². The van der Waals surface area contributed by atoms with Crippen LogP contribution < -0.4 is 10.4 Å². The molecule has 0 bridgehead atoms. The molecule has 1 aliphatic carbocycles. The first-order valence-corrected chi connectivity index (χ1v) is 12.8. The molecule has 0 atom stereocenters. The van der Waals surface area contributed by atoms with E-state index in [9.17, 15) is 13.6 Å². The lowest BCUT2D eigenvalue weighted by Gasteiger charge is -2.21. The molecule has 1 heterocycles. The van der Waals surface area contributed by atoms with Gasteiger partial charge in [-0.3, -0.25) is 0 Å². The van der Waals surface area contributed by atoms with E-state index in [-0.39, 0.29) is 11.6 Å². The molecule has 1 fully saturated rings. The summed E-state index contributed by atoms with van der Waals surface area (Å²) in [4.78, 5) is 15.0. The van der Waals surface area contributed by atoms with E-state index in [0.29, 0.717) is 28.8 Å². The third kappa shape index (κ3) is 5.02. The number of fused-ring (bicyclic) bond motifs is 1. The maximum Gasteiger partial charge on any atom is 0.393 e. The molecule has 0 saturated heterocycles. The van der Waals surface area contributed by atoms with E-state index >= 15 is 0 Å². The monoisotopic (exact) mass is 479 g/mol. The zero-order valence-electron chi connectivity index (χ0n) is 18.6. The molecule has 0 amide bonds. The summed E-state index contributed by atoms with van der Waals surface area (Å²) in [6.45, 7) is 0.673. The first-order chi connectivity index (χ1) is 16.6. The second-order valence-electron chi connectivity index (χ2n) is 8.63. The first-order valence-electron chi connectivity index (χ1n) is 11.5. The summed E-state index contributed by atoms with van der Waals surface area (Å²) in [5.41, 5.74) is -0.0226. The third-order valence-corrected chi connectivity index (χ3v) is 8.42. The molecule has 1 aliphatic rings. The molecule has 174 valence electrons. The fraction of sp³-hybridized carbons (Fsp3) is 0.250. The molecule has 1 aromatic heterocycles. The van der Waals surface area contributed by atoms with Gasteiger partial charge in [-0.2, -0.15) is 0 Å². The first kappa shape index (κ1) is 22.7. The van der Waals surface area contributed by atoms with Crippen molar-refractivity contribution in [3.63, 3.8) is 0 Å². The summed E-state index contributed by atoms with van der Waals surface area (Å²) in [6.07, 6.45) is 6.21. The van der Waals surface area contributed by atoms with E-state index in [2.05, 4.69) is 0 Å². The third-order valence-electron chi connectivity index (χ3n) is 6.20. The maximum absolute atomic E-state index is 13.6. The minimum absolute atomic E-state index is 0.363. The Balaban J connectivity index is 1.49. The largest absolute Gasteiger partial charge is 0.493 e. The molecule has 5 rings (SSSR count). The van der Waals surface area contributed by atoms with Crippen LogP contribution in [0.3, 0.4) is 0 Å². The van der Waals surface area contributed by atoms with E-state index in [0.717, 1.165) is 15.2 Å². The molecule has 0 unspecified atom stereocenters. The number of rotatable bonds is 6. The molecule has 1 saturated carbocycles. The van der Waals surface area contributed by atoms with Crippen molar-refractivity contribution in [2.45, 2.75) is 46.8 Å². The molecule has 0 N–H and O–H groups in total. The van der Waals surface area contributed by atoms with Gasteiger partial charge in [0.2, 0.25) is 0 Å². The Morgan fingerprint density at radius 2 is 1.44 bits per heavy atom. The second kappa shape index (κ2) is 10.0. The zero-order chi connectivity index (χ0) is 23.5. The quantitative estimate of drug-likeness (QED) is 0.218.